The van der Waals surface area contributed by atoms with Gasteiger partial charge in [0.2, 0.25) is 0 Å². The summed E-state index contributed by atoms with van der Waals surface area (Å²) in [4.78, 5) is 17.9. The molecular formula is C12H14N2O2. The Bertz CT molecular complexity index is 386. The number of carbonyl (C=O) groups is 1. The van der Waals surface area contributed by atoms with E-state index in [0.29, 0.717) is 6.42 Å². The number of rotatable bonds is 1. The highest BCUT2D eigenvalue weighted by molar-refractivity contribution is 5.76. The van der Waals surface area contributed by atoms with Gasteiger partial charge in [0.1, 0.15) is 6.33 Å². The van der Waals surface area contributed by atoms with Gasteiger partial charge in [0, 0.05) is 18.0 Å². The lowest BCUT2D eigenvalue weighted by Crippen LogP contribution is -1.94. The van der Waals surface area contributed by atoms with Crippen molar-refractivity contribution in [3.63, 3.8) is 0 Å². The second-order valence-electron chi connectivity index (χ2n) is 3.01. The van der Waals surface area contributed by atoms with E-state index >= 15 is 0 Å². The van der Waals surface area contributed by atoms with Crippen LogP contribution in [0.15, 0.2) is 36.8 Å². The summed E-state index contributed by atoms with van der Waals surface area (Å²) in [6.07, 6.45) is 3.83. The molecule has 0 radical (unpaired) electrons. The molecule has 0 atom stereocenters. The summed E-state index contributed by atoms with van der Waals surface area (Å²) in [6, 6.07) is 7.91. The lowest BCUT2D eigenvalue weighted by atomic mass is 10.2. The summed E-state index contributed by atoms with van der Waals surface area (Å²) < 4.78 is 4.26. The van der Waals surface area contributed by atoms with E-state index in [4.69, 9.17) is 0 Å². The zero-order chi connectivity index (χ0) is 11.8. The van der Waals surface area contributed by atoms with E-state index in [9.17, 15) is 4.79 Å². The van der Waals surface area contributed by atoms with Crippen LogP contribution < -0.4 is 0 Å². The molecule has 1 aromatic heterocycles. The lowest BCUT2D eigenvalue weighted by Gasteiger charge is -1.90. The first-order valence-corrected chi connectivity index (χ1v) is 4.99. The topological polar surface area (TPSA) is 52.1 Å². The van der Waals surface area contributed by atoms with Crippen molar-refractivity contribution in [1.29, 1.82) is 0 Å². The Balaban J connectivity index is 0.000000187. The van der Waals surface area contributed by atoms with Crippen molar-refractivity contribution < 1.29 is 9.53 Å². The van der Waals surface area contributed by atoms with Crippen molar-refractivity contribution in [2.24, 2.45) is 0 Å². The number of esters is 1. The minimum Gasteiger partial charge on any atom is -0.469 e. The highest BCUT2D eigenvalue weighted by atomic mass is 16.5. The van der Waals surface area contributed by atoms with Gasteiger partial charge in [-0.15, -0.1) is 0 Å². The number of ether oxygens (including phenoxy) is 1. The molecule has 2 rings (SSSR count). The standard InChI is InChI=1S/C8H6N2.C4H8O2/c1-2-4-8-7(3-1)5-9-6-10-8;1-3-4(5)6-2/h1-6H;3H2,1-2H3. The molecule has 2 aromatic rings. The Morgan fingerprint density at radius 2 is 2.12 bits per heavy atom. The molecular weight excluding hydrogens is 204 g/mol. The van der Waals surface area contributed by atoms with Crippen molar-refractivity contribution in [1.82, 2.24) is 9.97 Å². The molecule has 0 spiro atoms. The van der Waals surface area contributed by atoms with Crippen LogP contribution in [0.1, 0.15) is 13.3 Å². The predicted octanol–water partition coefficient (Wildman–Crippen LogP) is 2.20. The maximum Gasteiger partial charge on any atom is 0.305 e. The van der Waals surface area contributed by atoms with Crippen LogP contribution in [0.4, 0.5) is 0 Å². The Morgan fingerprint density at radius 1 is 1.38 bits per heavy atom. The van der Waals surface area contributed by atoms with Crippen LogP contribution >= 0.6 is 0 Å². The fourth-order valence-electron chi connectivity index (χ4n) is 1.07. The summed E-state index contributed by atoms with van der Waals surface area (Å²) in [6.45, 7) is 1.76. The molecule has 0 aliphatic rings. The largest absolute Gasteiger partial charge is 0.469 e. The van der Waals surface area contributed by atoms with Gasteiger partial charge in [0.15, 0.2) is 0 Å². The molecule has 0 saturated heterocycles. The third-order valence-corrected chi connectivity index (χ3v) is 1.93. The van der Waals surface area contributed by atoms with Crippen LogP contribution in [0.3, 0.4) is 0 Å². The maximum atomic E-state index is 9.96. The molecule has 0 bridgehead atoms. The van der Waals surface area contributed by atoms with Gasteiger partial charge in [0.05, 0.1) is 12.6 Å². The molecule has 0 fully saturated rings. The number of hydrogen-bond donors (Lipinski definition) is 0. The first-order chi connectivity index (χ1) is 7.77. The third kappa shape index (κ3) is 3.65. The molecule has 0 saturated carbocycles. The van der Waals surface area contributed by atoms with Crippen molar-refractivity contribution in [3.05, 3.63) is 36.8 Å². The molecule has 4 heteroatoms. The van der Waals surface area contributed by atoms with Crippen LogP contribution in [-0.4, -0.2) is 23.0 Å². The van der Waals surface area contributed by atoms with Crippen molar-refractivity contribution >= 4 is 16.9 Å². The van der Waals surface area contributed by atoms with Gasteiger partial charge >= 0.3 is 5.97 Å². The number of carbonyl (C=O) groups excluding carboxylic acids is 1. The fraction of sp³-hybridized carbons (Fsp3) is 0.250. The number of fused-ring (bicyclic) bond motifs is 1. The maximum absolute atomic E-state index is 9.96. The minimum atomic E-state index is -0.157. The van der Waals surface area contributed by atoms with E-state index in [0.717, 1.165) is 10.9 Å². The Morgan fingerprint density at radius 3 is 2.69 bits per heavy atom. The van der Waals surface area contributed by atoms with E-state index in [-0.39, 0.29) is 5.97 Å². The molecule has 4 nitrogen and oxygen atoms in total. The van der Waals surface area contributed by atoms with Crippen LogP contribution in [-0.2, 0) is 9.53 Å². The average Bonchev–Trinajstić information content (AvgIpc) is 2.38. The van der Waals surface area contributed by atoms with Gasteiger partial charge in [-0.2, -0.15) is 0 Å². The van der Waals surface area contributed by atoms with Crippen molar-refractivity contribution in [2.75, 3.05) is 7.11 Å². The van der Waals surface area contributed by atoms with Gasteiger partial charge in [-0.1, -0.05) is 25.1 Å². The number of methoxy groups -OCH3 is 1. The molecule has 0 aliphatic carbocycles. The average molecular weight is 218 g/mol. The first-order valence-electron chi connectivity index (χ1n) is 4.99. The molecule has 0 aliphatic heterocycles. The van der Waals surface area contributed by atoms with Crippen molar-refractivity contribution in [3.8, 4) is 0 Å². The molecule has 84 valence electrons. The quantitative estimate of drug-likeness (QED) is 0.688. The summed E-state index contributed by atoms with van der Waals surface area (Å²) in [5.74, 6) is -0.157. The number of nitrogens with zero attached hydrogens (tertiary/aromatic N) is 2. The second kappa shape index (κ2) is 6.50. The summed E-state index contributed by atoms with van der Waals surface area (Å²) >= 11 is 0. The van der Waals surface area contributed by atoms with Gasteiger partial charge in [0.25, 0.3) is 0 Å². The normalized spacial score (nSPS) is 9.12. The fourth-order valence-corrected chi connectivity index (χ4v) is 1.07. The SMILES string of the molecule is CCC(=O)OC.c1ccc2ncncc2c1. The predicted molar refractivity (Wildman–Crippen MR) is 61.8 cm³/mol. The van der Waals surface area contributed by atoms with E-state index in [1.165, 1.54) is 7.11 Å². The van der Waals surface area contributed by atoms with E-state index in [1.807, 2.05) is 30.5 Å². The van der Waals surface area contributed by atoms with E-state index in [2.05, 4.69) is 14.7 Å². The highest BCUT2D eigenvalue weighted by Crippen LogP contribution is 2.06. The monoisotopic (exact) mass is 218 g/mol. The summed E-state index contributed by atoms with van der Waals surface area (Å²) in [7, 11) is 1.38. The molecule has 1 aromatic carbocycles. The van der Waals surface area contributed by atoms with Crippen molar-refractivity contribution in [2.45, 2.75) is 13.3 Å². The Hall–Kier alpha value is -1.97. The second-order valence-corrected chi connectivity index (χ2v) is 3.01. The molecule has 0 N–H and O–H groups in total. The van der Waals surface area contributed by atoms with Gasteiger partial charge in [-0.25, -0.2) is 9.97 Å². The summed E-state index contributed by atoms with van der Waals surface area (Å²) in [5.41, 5.74) is 0.998. The molecule has 0 amide bonds. The smallest absolute Gasteiger partial charge is 0.305 e. The molecule has 1 heterocycles. The van der Waals surface area contributed by atoms with E-state index < -0.39 is 0 Å². The number of aromatic nitrogens is 2. The number of para-hydroxylation sites is 1. The van der Waals surface area contributed by atoms with Gasteiger partial charge in [-0.3, -0.25) is 4.79 Å². The number of hydrogen-bond acceptors (Lipinski definition) is 4. The summed E-state index contributed by atoms with van der Waals surface area (Å²) in [5, 5.41) is 1.09. The molecule has 0 unspecified atom stereocenters. The first kappa shape index (κ1) is 12.1. The van der Waals surface area contributed by atoms with Crippen LogP contribution in [0, 0.1) is 0 Å². The van der Waals surface area contributed by atoms with Gasteiger partial charge in [-0.05, 0) is 6.07 Å². The zero-order valence-corrected chi connectivity index (χ0v) is 9.38. The highest BCUT2D eigenvalue weighted by Gasteiger charge is 1.88. The lowest BCUT2D eigenvalue weighted by molar-refractivity contribution is -0.140. The zero-order valence-electron chi connectivity index (χ0n) is 9.38. The van der Waals surface area contributed by atoms with Crippen LogP contribution in [0.25, 0.3) is 10.9 Å². The van der Waals surface area contributed by atoms with Crippen LogP contribution in [0.2, 0.25) is 0 Å². The third-order valence-electron chi connectivity index (χ3n) is 1.93. The van der Waals surface area contributed by atoms with Crippen LogP contribution in [0.5, 0.6) is 0 Å². The Kier molecular flexibility index (Phi) is 4.92. The number of benzene rings is 1. The van der Waals surface area contributed by atoms with Gasteiger partial charge < -0.3 is 4.74 Å². The molecule has 16 heavy (non-hydrogen) atoms. The Labute approximate surface area is 94.3 Å². The van der Waals surface area contributed by atoms with E-state index in [1.54, 1.807) is 13.3 Å². The minimum absolute atomic E-state index is 0.157.